The molecule has 0 aliphatic heterocycles. The van der Waals surface area contributed by atoms with Gasteiger partial charge in [-0.3, -0.25) is 0 Å². The van der Waals surface area contributed by atoms with Crippen molar-refractivity contribution >= 4 is 0 Å². The van der Waals surface area contributed by atoms with Crippen molar-refractivity contribution in [1.82, 2.24) is 10.2 Å². The zero-order valence-electron chi connectivity index (χ0n) is 12.2. The van der Waals surface area contributed by atoms with E-state index in [9.17, 15) is 4.39 Å². The van der Waals surface area contributed by atoms with E-state index < -0.39 is 6.10 Å². The van der Waals surface area contributed by atoms with Gasteiger partial charge in [0, 0.05) is 5.56 Å². The van der Waals surface area contributed by atoms with Gasteiger partial charge in [0.15, 0.2) is 6.10 Å². The maximum absolute atomic E-state index is 12.9. The van der Waals surface area contributed by atoms with Crippen LogP contribution in [0.2, 0.25) is 0 Å². The van der Waals surface area contributed by atoms with E-state index in [0.29, 0.717) is 16.9 Å². The third-order valence-corrected chi connectivity index (χ3v) is 3.19. The molecule has 1 unspecified atom stereocenters. The summed E-state index contributed by atoms with van der Waals surface area (Å²) in [5, 5.41) is 17.0. The van der Waals surface area contributed by atoms with Crippen molar-refractivity contribution in [2.75, 3.05) is 0 Å². The van der Waals surface area contributed by atoms with Crippen molar-refractivity contribution in [3.8, 4) is 23.3 Å². The second-order valence-electron chi connectivity index (χ2n) is 4.82. The average Bonchev–Trinajstić information content (AvgIpc) is 3.06. The first kappa shape index (κ1) is 14.7. The SMILES string of the molecule is CC(Oc1ccccc1C#N)c1nnc(-c2ccc(F)cc2)o1. The van der Waals surface area contributed by atoms with Gasteiger partial charge in [-0.2, -0.15) is 5.26 Å². The fourth-order valence-electron chi connectivity index (χ4n) is 2.01. The molecule has 5 nitrogen and oxygen atoms in total. The predicted octanol–water partition coefficient (Wildman–Crippen LogP) is 3.89. The van der Waals surface area contributed by atoms with Crippen LogP contribution < -0.4 is 4.74 Å². The molecule has 0 fully saturated rings. The van der Waals surface area contributed by atoms with Gasteiger partial charge in [0.05, 0.1) is 5.56 Å². The van der Waals surface area contributed by atoms with Crippen LogP contribution in [0.15, 0.2) is 52.9 Å². The number of hydrogen-bond acceptors (Lipinski definition) is 5. The lowest BCUT2D eigenvalue weighted by Gasteiger charge is -2.11. The second-order valence-corrected chi connectivity index (χ2v) is 4.82. The molecule has 0 aliphatic rings. The number of benzene rings is 2. The molecule has 1 heterocycles. The van der Waals surface area contributed by atoms with Gasteiger partial charge in [-0.05, 0) is 43.3 Å². The van der Waals surface area contributed by atoms with E-state index in [1.165, 1.54) is 12.1 Å². The molecule has 0 saturated heterocycles. The first-order valence-corrected chi connectivity index (χ1v) is 6.92. The van der Waals surface area contributed by atoms with Crippen LogP contribution in [0, 0.1) is 17.1 Å². The highest BCUT2D eigenvalue weighted by Gasteiger charge is 2.17. The lowest BCUT2D eigenvalue weighted by Crippen LogP contribution is -2.04. The summed E-state index contributed by atoms with van der Waals surface area (Å²) >= 11 is 0. The van der Waals surface area contributed by atoms with Crippen LogP contribution in [0.5, 0.6) is 5.75 Å². The normalized spacial score (nSPS) is 11.7. The maximum atomic E-state index is 12.9. The molecule has 3 aromatic rings. The van der Waals surface area contributed by atoms with Gasteiger partial charge in [-0.15, -0.1) is 10.2 Å². The minimum Gasteiger partial charge on any atom is -0.480 e. The van der Waals surface area contributed by atoms with Crippen LogP contribution in [0.1, 0.15) is 24.5 Å². The van der Waals surface area contributed by atoms with Crippen molar-refractivity contribution in [1.29, 1.82) is 5.26 Å². The monoisotopic (exact) mass is 309 g/mol. The van der Waals surface area contributed by atoms with Crippen LogP contribution in [0.4, 0.5) is 4.39 Å². The standard InChI is InChI=1S/C17H12FN3O2/c1-11(22-15-5-3-2-4-13(15)10-19)16-20-21-17(23-16)12-6-8-14(18)9-7-12/h2-9,11H,1H3. The molecule has 23 heavy (non-hydrogen) atoms. The lowest BCUT2D eigenvalue weighted by atomic mass is 10.2. The smallest absolute Gasteiger partial charge is 0.257 e. The molecule has 0 spiro atoms. The summed E-state index contributed by atoms with van der Waals surface area (Å²) in [4.78, 5) is 0. The van der Waals surface area contributed by atoms with E-state index in [0.717, 1.165) is 0 Å². The van der Waals surface area contributed by atoms with Crippen LogP contribution in [-0.4, -0.2) is 10.2 Å². The number of hydrogen-bond donors (Lipinski definition) is 0. The first-order valence-electron chi connectivity index (χ1n) is 6.92. The third-order valence-electron chi connectivity index (χ3n) is 3.19. The summed E-state index contributed by atoms with van der Waals surface area (Å²) in [6.45, 7) is 1.75. The highest BCUT2D eigenvalue weighted by Crippen LogP contribution is 2.26. The lowest BCUT2D eigenvalue weighted by molar-refractivity contribution is 0.189. The Morgan fingerprint density at radius 1 is 1.13 bits per heavy atom. The van der Waals surface area contributed by atoms with E-state index in [1.54, 1.807) is 43.3 Å². The zero-order valence-corrected chi connectivity index (χ0v) is 12.2. The first-order chi connectivity index (χ1) is 11.2. The Balaban J connectivity index is 1.80. The minimum absolute atomic E-state index is 0.275. The molecule has 6 heteroatoms. The van der Waals surface area contributed by atoms with E-state index in [1.807, 2.05) is 0 Å². The van der Waals surface area contributed by atoms with Crippen LogP contribution in [0.3, 0.4) is 0 Å². The summed E-state index contributed by atoms with van der Waals surface area (Å²) in [7, 11) is 0. The number of aromatic nitrogens is 2. The quantitative estimate of drug-likeness (QED) is 0.731. The summed E-state index contributed by atoms with van der Waals surface area (Å²) in [6, 6.07) is 14.7. The van der Waals surface area contributed by atoms with Crippen molar-refractivity contribution < 1.29 is 13.5 Å². The van der Waals surface area contributed by atoms with Crippen molar-refractivity contribution in [2.45, 2.75) is 13.0 Å². The molecule has 3 rings (SSSR count). The molecule has 0 aliphatic carbocycles. The van der Waals surface area contributed by atoms with Gasteiger partial charge in [0.2, 0.25) is 5.89 Å². The summed E-state index contributed by atoms with van der Waals surface area (Å²) < 4.78 is 24.2. The Morgan fingerprint density at radius 2 is 1.87 bits per heavy atom. The number of rotatable bonds is 4. The van der Waals surface area contributed by atoms with Crippen molar-refractivity contribution in [3.05, 3.63) is 65.8 Å². The molecule has 1 atom stereocenters. The van der Waals surface area contributed by atoms with Crippen molar-refractivity contribution in [3.63, 3.8) is 0 Å². The fraction of sp³-hybridized carbons (Fsp3) is 0.118. The Kier molecular flexibility index (Phi) is 4.02. The van der Waals surface area contributed by atoms with E-state index >= 15 is 0 Å². The number of ether oxygens (including phenoxy) is 1. The van der Waals surface area contributed by atoms with Crippen molar-refractivity contribution in [2.24, 2.45) is 0 Å². The van der Waals surface area contributed by atoms with Gasteiger partial charge in [-0.1, -0.05) is 12.1 Å². The molecule has 0 amide bonds. The summed E-state index contributed by atoms with van der Waals surface area (Å²) in [5.41, 5.74) is 1.05. The molecule has 2 aromatic carbocycles. The Hall–Kier alpha value is -3.20. The Labute approximate surface area is 132 Å². The zero-order chi connectivity index (χ0) is 16.2. The van der Waals surface area contributed by atoms with Gasteiger partial charge in [0.1, 0.15) is 17.6 Å². The van der Waals surface area contributed by atoms with Gasteiger partial charge in [0.25, 0.3) is 5.89 Å². The second kappa shape index (κ2) is 6.28. The van der Waals surface area contributed by atoms with E-state index in [2.05, 4.69) is 16.3 Å². The summed E-state index contributed by atoms with van der Waals surface area (Å²) in [6.07, 6.45) is -0.522. The largest absolute Gasteiger partial charge is 0.480 e. The van der Waals surface area contributed by atoms with Gasteiger partial charge >= 0.3 is 0 Å². The molecule has 0 bridgehead atoms. The van der Waals surface area contributed by atoms with Crippen LogP contribution >= 0.6 is 0 Å². The minimum atomic E-state index is -0.522. The number of halogens is 1. The molecule has 0 N–H and O–H groups in total. The molecular formula is C17H12FN3O2. The van der Waals surface area contributed by atoms with E-state index in [-0.39, 0.29) is 17.6 Å². The van der Waals surface area contributed by atoms with Gasteiger partial charge < -0.3 is 9.15 Å². The third kappa shape index (κ3) is 3.19. The summed E-state index contributed by atoms with van der Waals surface area (Å²) in [5.74, 6) is 0.670. The highest BCUT2D eigenvalue weighted by atomic mass is 19.1. The molecule has 0 saturated carbocycles. The average molecular weight is 309 g/mol. The molecular weight excluding hydrogens is 297 g/mol. The topological polar surface area (TPSA) is 71.9 Å². The Morgan fingerprint density at radius 3 is 2.61 bits per heavy atom. The molecule has 1 aromatic heterocycles. The Bertz CT molecular complexity index is 853. The molecule has 0 radical (unpaired) electrons. The number of para-hydroxylation sites is 1. The molecule has 114 valence electrons. The maximum Gasteiger partial charge on any atom is 0.257 e. The highest BCUT2D eigenvalue weighted by molar-refractivity contribution is 5.52. The fourth-order valence-corrected chi connectivity index (χ4v) is 2.01. The predicted molar refractivity (Wildman–Crippen MR) is 79.9 cm³/mol. The number of nitriles is 1. The van der Waals surface area contributed by atoms with Crippen LogP contribution in [-0.2, 0) is 0 Å². The van der Waals surface area contributed by atoms with Crippen LogP contribution in [0.25, 0.3) is 11.5 Å². The van der Waals surface area contributed by atoms with Gasteiger partial charge in [-0.25, -0.2) is 4.39 Å². The number of nitrogens with zero attached hydrogens (tertiary/aromatic N) is 3. The van der Waals surface area contributed by atoms with E-state index in [4.69, 9.17) is 14.4 Å².